The zero-order valence-corrected chi connectivity index (χ0v) is 12.4. The molecule has 0 saturated carbocycles. The summed E-state index contributed by atoms with van der Waals surface area (Å²) in [5.74, 6) is -1.36. The first-order valence-corrected chi connectivity index (χ1v) is 7.82. The zero-order valence-electron chi connectivity index (χ0n) is 9.99. The largest absolute Gasteiger partial charge is 0.477 e. The van der Waals surface area contributed by atoms with Crippen LogP contribution in [0.4, 0.5) is 5.95 Å². The van der Waals surface area contributed by atoms with Crippen LogP contribution in [0.2, 0.25) is 5.15 Å². The number of hydrogen-bond donors (Lipinski definition) is 2. The Morgan fingerprint density at radius 2 is 2.20 bits per heavy atom. The highest BCUT2D eigenvalue weighted by Crippen LogP contribution is 2.26. The number of nitrogens with one attached hydrogen (secondary N) is 1. The molecule has 0 bridgehead atoms. The van der Waals surface area contributed by atoms with Crippen LogP contribution in [-0.4, -0.2) is 29.5 Å². The number of sulfonamides is 1. The smallest absolute Gasteiger partial charge is 0.345 e. The van der Waals surface area contributed by atoms with Gasteiger partial charge in [-0.2, -0.15) is 0 Å². The Kier molecular flexibility index (Phi) is 3.93. The molecule has 0 atom stereocenters. The average Bonchev–Trinajstić information content (AvgIpc) is 2.71. The fourth-order valence-corrected chi connectivity index (χ4v) is 3.92. The van der Waals surface area contributed by atoms with E-state index in [1.54, 1.807) is 0 Å². The summed E-state index contributed by atoms with van der Waals surface area (Å²) in [6, 6.07) is 2.49. The van der Waals surface area contributed by atoms with Crippen molar-refractivity contribution in [1.82, 2.24) is 9.97 Å². The normalized spacial score (nSPS) is 11.3. The molecule has 0 aliphatic rings. The van der Waals surface area contributed by atoms with E-state index in [9.17, 15) is 13.2 Å². The van der Waals surface area contributed by atoms with Crippen LogP contribution in [0.25, 0.3) is 0 Å². The lowest BCUT2D eigenvalue weighted by Crippen LogP contribution is -2.15. The molecule has 0 fully saturated rings. The molecule has 0 amide bonds. The highest BCUT2D eigenvalue weighted by Gasteiger charge is 2.23. The minimum atomic E-state index is -3.96. The van der Waals surface area contributed by atoms with Crippen molar-refractivity contribution in [2.45, 2.75) is 11.8 Å². The molecule has 2 heterocycles. The van der Waals surface area contributed by atoms with E-state index in [0.29, 0.717) is 4.88 Å². The van der Waals surface area contributed by atoms with E-state index >= 15 is 0 Å². The molecule has 2 N–H and O–H groups in total. The molecule has 10 heteroatoms. The van der Waals surface area contributed by atoms with Gasteiger partial charge >= 0.3 is 5.97 Å². The number of aromatic carboxylic acids is 1. The van der Waals surface area contributed by atoms with Crippen LogP contribution >= 0.6 is 22.9 Å². The van der Waals surface area contributed by atoms with Crippen molar-refractivity contribution in [1.29, 1.82) is 0 Å². The Balaban J connectivity index is 2.38. The van der Waals surface area contributed by atoms with Gasteiger partial charge in [0.2, 0.25) is 5.95 Å². The van der Waals surface area contributed by atoms with Crippen LogP contribution in [0, 0.1) is 6.92 Å². The summed E-state index contributed by atoms with van der Waals surface area (Å²) in [6.07, 6.45) is 1.30. The minimum Gasteiger partial charge on any atom is -0.477 e. The predicted octanol–water partition coefficient (Wildman–Crippen LogP) is 2.00. The lowest BCUT2D eigenvalue weighted by molar-refractivity contribution is 0.0702. The molecule has 2 aromatic rings. The quantitative estimate of drug-likeness (QED) is 0.828. The Morgan fingerprint density at radius 1 is 1.50 bits per heavy atom. The van der Waals surface area contributed by atoms with Gasteiger partial charge in [0.15, 0.2) is 0 Å². The molecular weight excluding hydrogens is 326 g/mol. The molecule has 106 valence electrons. The topological polar surface area (TPSA) is 109 Å². The Morgan fingerprint density at radius 3 is 2.75 bits per heavy atom. The molecule has 0 aromatic carbocycles. The van der Waals surface area contributed by atoms with E-state index in [1.165, 1.54) is 19.2 Å². The number of hydrogen-bond acceptors (Lipinski definition) is 6. The maximum atomic E-state index is 12.1. The third kappa shape index (κ3) is 3.06. The van der Waals surface area contributed by atoms with Crippen molar-refractivity contribution >= 4 is 44.9 Å². The SMILES string of the molecule is Cc1sc(C(=O)O)cc1S(=O)(=O)Nc1nccc(Cl)n1. The predicted molar refractivity (Wildman–Crippen MR) is 73.9 cm³/mol. The lowest BCUT2D eigenvalue weighted by atomic mass is 10.4. The van der Waals surface area contributed by atoms with Crippen LogP contribution in [0.15, 0.2) is 23.2 Å². The van der Waals surface area contributed by atoms with Crippen molar-refractivity contribution in [3.05, 3.63) is 33.2 Å². The fraction of sp³-hybridized carbons (Fsp3) is 0.100. The first kappa shape index (κ1) is 14.7. The van der Waals surface area contributed by atoms with Crippen molar-refractivity contribution in [3.8, 4) is 0 Å². The summed E-state index contributed by atoms with van der Waals surface area (Å²) in [5.41, 5.74) is 0. The van der Waals surface area contributed by atoms with Gasteiger partial charge in [0.1, 0.15) is 14.9 Å². The summed E-state index contributed by atoms with van der Waals surface area (Å²) in [6.45, 7) is 1.52. The van der Waals surface area contributed by atoms with E-state index in [1.807, 2.05) is 0 Å². The van der Waals surface area contributed by atoms with E-state index in [-0.39, 0.29) is 20.9 Å². The number of anilines is 1. The van der Waals surface area contributed by atoms with Crippen molar-refractivity contribution in [3.63, 3.8) is 0 Å². The molecule has 0 radical (unpaired) electrons. The summed E-state index contributed by atoms with van der Waals surface area (Å²) >= 11 is 6.51. The van der Waals surface area contributed by atoms with Gasteiger partial charge in [0, 0.05) is 11.1 Å². The molecule has 0 unspecified atom stereocenters. The fourth-order valence-electron chi connectivity index (χ4n) is 1.40. The van der Waals surface area contributed by atoms with E-state index in [2.05, 4.69) is 14.7 Å². The third-order valence-corrected chi connectivity index (χ3v) is 5.05. The number of carboxylic acids is 1. The first-order valence-electron chi connectivity index (χ1n) is 5.14. The summed E-state index contributed by atoms with van der Waals surface area (Å²) in [5, 5.41) is 8.96. The van der Waals surface area contributed by atoms with Gasteiger partial charge in [-0.05, 0) is 19.1 Å². The molecule has 0 aliphatic carbocycles. The highest BCUT2D eigenvalue weighted by molar-refractivity contribution is 7.92. The van der Waals surface area contributed by atoms with Crippen LogP contribution in [0.1, 0.15) is 14.5 Å². The summed E-state index contributed by atoms with van der Waals surface area (Å²) in [7, 11) is -3.96. The number of halogens is 1. The van der Waals surface area contributed by atoms with Crippen molar-refractivity contribution in [2.75, 3.05) is 4.72 Å². The second kappa shape index (κ2) is 5.35. The number of aromatic nitrogens is 2. The van der Waals surface area contributed by atoms with E-state index < -0.39 is 16.0 Å². The number of nitrogens with zero attached hydrogens (tertiary/aromatic N) is 2. The number of thiophene rings is 1. The van der Waals surface area contributed by atoms with Gasteiger partial charge in [-0.25, -0.2) is 27.9 Å². The van der Waals surface area contributed by atoms with E-state index in [0.717, 1.165) is 17.4 Å². The second-order valence-electron chi connectivity index (χ2n) is 3.64. The van der Waals surface area contributed by atoms with Crippen LogP contribution in [0.5, 0.6) is 0 Å². The van der Waals surface area contributed by atoms with Crippen molar-refractivity contribution in [2.24, 2.45) is 0 Å². The van der Waals surface area contributed by atoms with Crippen LogP contribution in [-0.2, 0) is 10.0 Å². The van der Waals surface area contributed by atoms with Gasteiger partial charge in [0.05, 0.1) is 0 Å². The number of carboxylic acid groups (broad SMARTS) is 1. The minimum absolute atomic E-state index is 0.0603. The Labute approximate surface area is 123 Å². The maximum absolute atomic E-state index is 12.1. The molecule has 0 saturated heterocycles. The molecule has 20 heavy (non-hydrogen) atoms. The molecule has 7 nitrogen and oxygen atoms in total. The Bertz CT molecular complexity index is 773. The van der Waals surface area contributed by atoms with E-state index in [4.69, 9.17) is 16.7 Å². The van der Waals surface area contributed by atoms with Gasteiger partial charge in [-0.3, -0.25) is 0 Å². The lowest BCUT2D eigenvalue weighted by Gasteiger charge is -2.05. The molecule has 2 aromatic heterocycles. The van der Waals surface area contributed by atoms with Crippen LogP contribution < -0.4 is 4.72 Å². The van der Waals surface area contributed by atoms with Crippen molar-refractivity contribution < 1.29 is 18.3 Å². The van der Waals surface area contributed by atoms with Gasteiger partial charge in [-0.1, -0.05) is 11.6 Å². The molecular formula is C10H8ClN3O4S2. The monoisotopic (exact) mass is 333 g/mol. The van der Waals surface area contributed by atoms with Gasteiger partial charge in [0.25, 0.3) is 10.0 Å². The molecule has 0 aliphatic heterocycles. The average molecular weight is 334 g/mol. The highest BCUT2D eigenvalue weighted by atomic mass is 35.5. The van der Waals surface area contributed by atoms with Gasteiger partial charge in [-0.15, -0.1) is 11.3 Å². The molecule has 2 rings (SSSR count). The first-order chi connectivity index (χ1) is 9.29. The zero-order chi connectivity index (χ0) is 14.9. The van der Waals surface area contributed by atoms with Gasteiger partial charge < -0.3 is 5.11 Å². The molecule has 0 spiro atoms. The number of rotatable bonds is 4. The summed E-state index contributed by atoms with van der Waals surface area (Å²) < 4.78 is 26.4. The summed E-state index contributed by atoms with van der Waals surface area (Å²) in [4.78, 5) is 18.5. The second-order valence-corrected chi connectivity index (χ2v) is 6.94. The standard InChI is InChI=1S/C10H8ClN3O4S2/c1-5-7(4-6(19-5)9(15)16)20(17,18)14-10-12-3-2-8(11)13-10/h2-4H,1H3,(H,15,16)(H,12,13,14). The number of aryl methyl sites for hydroxylation is 1. The maximum Gasteiger partial charge on any atom is 0.345 e. The van der Waals surface area contributed by atoms with Crippen LogP contribution in [0.3, 0.4) is 0 Å². The Hall–Kier alpha value is -1.71. The number of carbonyl (C=O) groups is 1. The third-order valence-electron chi connectivity index (χ3n) is 2.22.